The van der Waals surface area contributed by atoms with E-state index in [9.17, 15) is 13.6 Å². The zero-order chi connectivity index (χ0) is 11.9. The third-order valence-electron chi connectivity index (χ3n) is 2.27. The van der Waals surface area contributed by atoms with Crippen molar-refractivity contribution in [3.8, 4) is 0 Å². The molecule has 0 atom stereocenters. The molecular weight excluding hydrogens is 200 g/mol. The molecule has 1 N–H and O–H groups in total. The molecule has 15 heavy (non-hydrogen) atoms. The number of hydrogen-bond donors (Lipinski definition) is 1. The topological polar surface area (TPSA) is 29.1 Å². The minimum absolute atomic E-state index is 0.312. The van der Waals surface area contributed by atoms with Crippen LogP contribution in [0, 0.1) is 5.41 Å². The molecule has 4 heteroatoms. The molecule has 0 aromatic carbocycles. The lowest BCUT2D eigenvalue weighted by Gasteiger charge is -2.12. The fourth-order valence-corrected chi connectivity index (χ4v) is 1.12. The molecule has 0 bridgehead atoms. The fraction of sp³-hybridized carbons (Fsp3) is 0.727. The molecule has 0 aromatic rings. The third kappa shape index (κ3) is 3.61. The summed E-state index contributed by atoms with van der Waals surface area (Å²) in [6, 6.07) is 0. The number of carbonyl (C=O) groups is 1. The highest BCUT2D eigenvalue weighted by Gasteiger charge is 2.57. The molecule has 0 saturated heterocycles. The van der Waals surface area contributed by atoms with Gasteiger partial charge >= 0.3 is 0 Å². The third-order valence-corrected chi connectivity index (χ3v) is 2.27. The Kier molecular flexibility index (Phi) is 6.13. The molecule has 1 amide bonds. The van der Waals surface area contributed by atoms with E-state index in [1.165, 1.54) is 0 Å². The quantitative estimate of drug-likeness (QED) is 0.724. The van der Waals surface area contributed by atoms with Gasteiger partial charge in [-0.2, -0.15) is 0 Å². The average Bonchev–Trinajstić information content (AvgIpc) is 3.02. The van der Waals surface area contributed by atoms with Gasteiger partial charge in [-0.3, -0.25) is 4.79 Å². The number of allylic oxidation sites excluding steroid dienone is 1. The highest BCUT2D eigenvalue weighted by atomic mass is 19.3. The summed E-state index contributed by atoms with van der Waals surface area (Å²) < 4.78 is 24.7. The van der Waals surface area contributed by atoms with Gasteiger partial charge < -0.3 is 5.32 Å². The van der Waals surface area contributed by atoms with Gasteiger partial charge in [0.2, 0.25) is 5.91 Å². The van der Waals surface area contributed by atoms with Gasteiger partial charge in [0.15, 0.2) is 0 Å². The van der Waals surface area contributed by atoms with Gasteiger partial charge in [0, 0.05) is 6.54 Å². The van der Waals surface area contributed by atoms with Gasteiger partial charge in [0.05, 0.1) is 0 Å². The van der Waals surface area contributed by atoms with Crippen LogP contribution in [0.3, 0.4) is 0 Å². The maximum absolute atomic E-state index is 12.4. The van der Waals surface area contributed by atoms with E-state index in [1.54, 1.807) is 12.2 Å². The first-order chi connectivity index (χ1) is 7.13. The number of nitrogens with one attached hydrogen (secondary N) is 1. The molecule has 0 aromatic heterocycles. The summed E-state index contributed by atoms with van der Waals surface area (Å²) in [5, 5.41) is 2.46. The van der Waals surface area contributed by atoms with E-state index in [1.807, 2.05) is 20.8 Å². The Labute approximate surface area is 89.7 Å². The second-order valence-corrected chi connectivity index (χ2v) is 3.24. The van der Waals surface area contributed by atoms with E-state index in [-0.39, 0.29) is 0 Å². The van der Waals surface area contributed by atoms with Gasteiger partial charge in [-0.25, -0.2) is 8.78 Å². The predicted molar refractivity (Wildman–Crippen MR) is 56.8 cm³/mol. The van der Waals surface area contributed by atoms with Crippen LogP contribution in [0.5, 0.6) is 0 Å². The SMILES string of the molecule is C/C=C/CNC(=O)C1(C(F)F)CC1.CC. The molecule has 1 saturated carbocycles. The highest BCUT2D eigenvalue weighted by molar-refractivity contribution is 5.85. The molecule has 0 radical (unpaired) electrons. The Morgan fingerprint density at radius 3 is 2.33 bits per heavy atom. The van der Waals surface area contributed by atoms with Gasteiger partial charge in [-0.15, -0.1) is 0 Å². The number of hydrogen-bond acceptors (Lipinski definition) is 1. The van der Waals surface area contributed by atoms with E-state index in [4.69, 9.17) is 0 Å². The van der Waals surface area contributed by atoms with Crippen molar-refractivity contribution >= 4 is 5.91 Å². The maximum Gasteiger partial charge on any atom is 0.252 e. The highest BCUT2D eigenvalue weighted by Crippen LogP contribution is 2.50. The molecule has 0 aliphatic heterocycles. The zero-order valence-corrected chi connectivity index (χ0v) is 9.52. The zero-order valence-electron chi connectivity index (χ0n) is 9.52. The van der Waals surface area contributed by atoms with Crippen molar-refractivity contribution in [3.05, 3.63) is 12.2 Å². The van der Waals surface area contributed by atoms with Crippen LogP contribution in [0.25, 0.3) is 0 Å². The second kappa shape index (κ2) is 6.53. The van der Waals surface area contributed by atoms with E-state index >= 15 is 0 Å². The van der Waals surface area contributed by atoms with E-state index in [2.05, 4.69) is 5.32 Å². The van der Waals surface area contributed by atoms with Crippen molar-refractivity contribution in [2.45, 2.75) is 40.0 Å². The summed E-state index contributed by atoms with van der Waals surface area (Å²) in [7, 11) is 0. The van der Waals surface area contributed by atoms with Crippen molar-refractivity contribution < 1.29 is 13.6 Å². The number of amides is 1. The molecule has 1 fully saturated rings. The van der Waals surface area contributed by atoms with Crippen LogP contribution in [-0.2, 0) is 4.79 Å². The summed E-state index contributed by atoms with van der Waals surface area (Å²) in [6.45, 7) is 6.15. The van der Waals surface area contributed by atoms with Crippen molar-refractivity contribution in [3.63, 3.8) is 0 Å². The lowest BCUT2D eigenvalue weighted by molar-refractivity contribution is -0.131. The summed E-state index contributed by atoms with van der Waals surface area (Å²) in [5.74, 6) is -0.513. The molecule has 0 heterocycles. The lowest BCUT2D eigenvalue weighted by Crippen LogP contribution is -2.36. The molecule has 0 spiro atoms. The monoisotopic (exact) mass is 219 g/mol. The van der Waals surface area contributed by atoms with Gasteiger partial charge in [-0.05, 0) is 19.8 Å². The minimum atomic E-state index is -2.53. The van der Waals surface area contributed by atoms with E-state index in [0.29, 0.717) is 19.4 Å². The van der Waals surface area contributed by atoms with Crippen LogP contribution in [0.4, 0.5) is 8.78 Å². The Hall–Kier alpha value is -0.930. The molecule has 1 aliphatic rings. The molecular formula is C11H19F2NO. The summed E-state index contributed by atoms with van der Waals surface area (Å²) in [5.41, 5.74) is -1.36. The maximum atomic E-state index is 12.4. The Morgan fingerprint density at radius 2 is 2.00 bits per heavy atom. The van der Waals surface area contributed by atoms with Crippen molar-refractivity contribution in [2.75, 3.05) is 6.54 Å². The number of rotatable bonds is 4. The standard InChI is InChI=1S/C9H13F2NO.C2H6/c1-2-3-6-12-8(13)9(4-5-9)7(10)11;1-2/h2-3,7H,4-6H2,1H3,(H,12,13);1-2H3/b3-2+;. The summed E-state index contributed by atoms with van der Waals surface area (Å²) >= 11 is 0. The molecule has 0 unspecified atom stereocenters. The average molecular weight is 219 g/mol. The Bertz CT molecular complexity index is 223. The van der Waals surface area contributed by atoms with Gasteiger partial charge in [0.25, 0.3) is 6.43 Å². The largest absolute Gasteiger partial charge is 0.352 e. The first-order valence-corrected chi connectivity index (χ1v) is 5.31. The van der Waals surface area contributed by atoms with Crippen LogP contribution in [-0.4, -0.2) is 18.9 Å². The number of carbonyl (C=O) groups excluding carboxylic acids is 1. The van der Waals surface area contributed by atoms with Gasteiger partial charge in [0.1, 0.15) is 5.41 Å². The predicted octanol–water partition coefficient (Wildman–Crippen LogP) is 2.75. The van der Waals surface area contributed by atoms with Crippen LogP contribution >= 0.6 is 0 Å². The van der Waals surface area contributed by atoms with Gasteiger partial charge in [-0.1, -0.05) is 26.0 Å². The molecule has 2 nitrogen and oxygen atoms in total. The van der Waals surface area contributed by atoms with E-state index < -0.39 is 17.7 Å². The number of halogens is 2. The van der Waals surface area contributed by atoms with Crippen LogP contribution < -0.4 is 5.32 Å². The first kappa shape index (κ1) is 14.1. The fourth-order valence-electron chi connectivity index (χ4n) is 1.12. The van der Waals surface area contributed by atoms with E-state index in [0.717, 1.165) is 0 Å². The normalized spacial score (nSPS) is 17.2. The summed E-state index contributed by atoms with van der Waals surface area (Å²) in [6.07, 6.45) is 1.58. The smallest absolute Gasteiger partial charge is 0.252 e. The van der Waals surface area contributed by atoms with Crippen LogP contribution in [0.15, 0.2) is 12.2 Å². The summed E-state index contributed by atoms with van der Waals surface area (Å²) in [4.78, 5) is 11.2. The second-order valence-electron chi connectivity index (χ2n) is 3.24. The Balaban J connectivity index is 0.000000921. The minimum Gasteiger partial charge on any atom is -0.352 e. The molecule has 1 aliphatic carbocycles. The lowest BCUT2D eigenvalue weighted by atomic mass is 10.1. The first-order valence-electron chi connectivity index (χ1n) is 5.31. The Morgan fingerprint density at radius 1 is 1.47 bits per heavy atom. The molecule has 1 rings (SSSR count). The van der Waals surface area contributed by atoms with Crippen molar-refractivity contribution in [1.29, 1.82) is 0 Å². The number of alkyl halides is 2. The van der Waals surface area contributed by atoms with Crippen LogP contribution in [0.2, 0.25) is 0 Å². The van der Waals surface area contributed by atoms with Crippen LogP contribution in [0.1, 0.15) is 33.6 Å². The van der Waals surface area contributed by atoms with Crippen molar-refractivity contribution in [1.82, 2.24) is 5.32 Å². The molecule has 88 valence electrons. The van der Waals surface area contributed by atoms with Crippen molar-refractivity contribution in [2.24, 2.45) is 5.41 Å².